The van der Waals surface area contributed by atoms with Gasteiger partial charge in [0, 0.05) is 10.2 Å². The van der Waals surface area contributed by atoms with Crippen molar-refractivity contribution in [2.45, 2.75) is 23.2 Å². The minimum absolute atomic E-state index is 0.0226. The summed E-state index contributed by atoms with van der Waals surface area (Å²) in [5, 5.41) is 9.13. The number of hydrogen-bond donors (Lipinski definition) is 1. The molecule has 2 rings (SSSR count). The van der Waals surface area contributed by atoms with E-state index in [1.807, 2.05) is 0 Å². The number of carboxylic acid groups (broad SMARTS) is 1. The fraction of sp³-hybridized carbons (Fsp3) is 0.364. The van der Waals surface area contributed by atoms with Gasteiger partial charge in [-0.1, -0.05) is 11.6 Å². The van der Waals surface area contributed by atoms with Gasteiger partial charge >= 0.3 is 5.97 Å². The third-order valence-electron chi connectivity index (χ3n) is 2.91. The summed E-state index contributed by atoms with van der Waals surface area (Å²) in [6, 6.07) is 3.17. The van der Waals surface area contributed by atoms with Gasteiger partial charge in [0.05, 0.1) is 15.3 Å². The van der Waals surface area contributed by atoms with Gasteiger partial charge in [-0.2, -0.15) is 4.31 Å². The molecule has 0 spiro atoms. The monoisotopic (exact) mass is 399 g/mol. The second-order valence-corrected chi connectivity index (χ2v) is 8.65. The summed E-state index contributed by atoms with van der Waals surface area (Å²) in [7, 11) is -3.88. The number of sulfonamides is 1. The van der Waals surface area contributed by atoms with Gasteiger partial charge in [0.1, 0.15) is 6.04 Å². The van der Waals surface area contributed by atoms with Crippen molar-refractivity contribution < 1.29 is 18.3 Å². The average Bonchev–Trinajstić information content (AvgIpc) is 2.75. The molecule has 2 atom stereocenters. The number of hydrogen-bond acceptors (Lipinski definition) is 4. The predicted octanol–water partition coefficient (Wildman–Crippen LogP) is 2.64. The van der Waals surface area contributed by atoms with Crippen LogP contribution in [-0.4, -0.2) is 41.0 Å². The Morgan fingerprint density at radius 3 is 2.75 bits per heavy atom. The minimum atomic E-state index is -3.88. The summed E-state index contributed by atoms with van der Waals surface area (Å²) in [6.07, 6.45) is 0. The third kappa shape index (κ3) is 2.85. The first-order valence-electron chi connectivity index (χ1n) is 5.58. The Morgan fingerprint density at radius 1 is 1.55 bits per heavy atom. The van der Waals surface area contributed by atoms with E-state index in [1.54, 1.807) is 6.92 Å². The molecule has 1 N–H and O–H groups in total. The molecule has 2 unspecified atom stereocenters. The molecule has 0 aliphatic carbocycles. The van der Waals surface area contributed by atoms with Crippen LogP contribution in [0.2, 0.25) is 5.02 Å². The number of nitrogens with zero attached hydrogens (tertiary/aromatic N) is 1. The summed E-state index contributed by atoms with van der Waals surface area (Å²) >= 11 is 10.3. The molecule has 1 saturated heterocycles. The number of benzene rings is 1. The lowest BCUT2D eigenvalue weighted by Crippen LogP contribution is -2.44. The highest BCUT2D eigenvalue weighted by molar-refractivity contribution is 9.10. The van der Waals surface area contributed by atoms with Crippen molar-refractivity contribution >= 4 is 55.3 Å². The van der Waals surface area contributed by atoms with E-state index in [1.165, 1.54) is 30.0 Å². The fourth-order valence-corrected chi connectivity index (χ4v) is 5.90. The van der Waals surface area contributed by atoms with Crippen LogP contribution in [0.1, 0.15) is 6.92 Å². The van der Waals surface area contributed by atoms with Crippen LogP contribution in [0.4, 0.5) is 0 Å². The van der Waals surface area contributed by atoms with E-state index in [4.69, 9.17) is 16.7 Å². The van der Waals surface area contributed by atoms with Crippen LogP contribution in [0.15, 0.2) is 27.6 Å². The highest BCUT2D eigenvalue weighted by Crippen LogP contribution is 2.35. The van der Waals surface area contributed by atoms with Gasteiger partial charge in [0.2, 0.25) is 10.0 Å². The van der Waals surface area contributed by atoms with E-state index in [0.29, 0.717) is 9.50 Å². The maximum absolute atomic E-state index is 12.6. The van der Waals surface area contributed by atoms with Crippen molar-refractivity contribution in [1.82, 2.24) is 4.31 Å². The lowest BCUT2D eigenvalue weighted by molar-refractivity contribution is -0.140. The van der Waals surface area contributed by atoms with Crippen LogP contribution >= 0.6 is 39.3 Å². The summed E-state index contributed by atoms with van der Waals surface area (Å²) in [5.41, 5.74) is 0. The third-order valence-corrected chi connectivity index (χ3v) is 7.45. The summed E-state index contributed by atoms with van der Waals surface area (Å²) in [5.74, 6) is -0.900. The molecule has 0 saturated carbocycles. The Bertz CT molecular complexity index is 652. The van der Waals surface area contributed by atoms with Gasteiger partial charge in [0.15, 0.2) is 0 Å². The van der Waals surface area contributed by atoms with Gasteiger partial charge < -0.3 is 5.11 Å². The standard InChI is InChI=1S/C11H11BrClNO4S2/c1-6-14(10(5-19-6)11(15)16)20(17,18)7-2-3-9(13)8(12)4-7/h2-4,6,10H,5H2,1H3,(H,15,16). The van der Waals surface area contributed by atoms with Crippen LogP contribution in [0.5, 0.6) is 0 Å². The molecule has 1 heterocycles. The van der Waals surface area contributed by atoms with E-state index in [0.717, 1.165) is 4.31 Å². The van der Waals surface area contributed by atoms with Crippen LogP contribution in [0, 0.1) is 0 Å². The second kappa shape index (κ2) is 5.84. The van der Waals surface area contributed by atoms with E-state index < -0.39 is 27.4 Å². The first kappa shape index (κ1) is 16.1. The number of aliphatic carboxylic acids is 1. The Morgan fingerprint density at radius 2 is 2.20 bits per heavy atom. The molecule has 5 nitrogen and oxygen atoms in total. The zero-order valence-corrected chi connectivity index (χ0v) is 14.3. The van der Waals surface area contributed by atoms with Crippen molar-refractivity contribution in [3.63, 3.8) is 0 Å². The van der Waals surface area contributed by atoms with Crippen molar-refractivity contribution in [2.24, 2.45) is 0 Å². The molecular formula is C11H11BrClNO4S2. The molecule has 20 heavy (non-hydrogen) atoms. The molecule has 0 aromatic heterocycles. The molecule has 1 aromatic carbocycles. The Labute approximate surface area is 134 Å². The molecule has 1 aliphatic heterocycles. The zero-order chi connectivity index (χ0) is 15.1. The second-order valence-electron chi connectivity index (χ2n) is 4.20. The molecule has 1 aromatic rings. The largest absolute Gasteiger partial charge is 0.480 e. The van der Waals surface area contributed by atoms with Crippen LogP contribution in [-0.2, 0) is 14.8 Å². The van der Waals surface area contributed by atoms with Gasteiger partial charge in [-0.05, 0) is 41.1 Å². The molecular weight excluding hydrogens is 390 g/mol. The Hall–Kier alpha value is -0.280. The Kier molecular flexibility index (Phi) is 4.70. The molecule has 0 radical (unpaired) electrons. The molecule has 0 amide bonds. The van der Waals surface area contributed by atoms with Gasteiger partial charge in [-0.3, -0.25) is 4.79 Å². The lowest BCUT2D eigenvalue weighted by Gasteiger charge is -2.24. The van der Waals surface area contributed by atoms with Crippen molar-refractivity contribution in [2.75, 3.05) is 5.75 Å². The normalized spacial score (nSPS) is 23.9. The van der Waals surface area contributed by atoms with Gasteiger partial charge in [0.25, 0.3) is 0 Å². The molecule has 1 fully saturated rings. The average molecular weight is 401 g/mol. The highest BCUT2D eigenvalue weighted by atomic mass is 79.9. The quantitative estimate of drug-likeness (QED) is 0.844. The van der Waals surface area contributed by atoms with Crippen molar-refractivity contribution in [1.29, 1.82) is 0 Å². The van der Waals surface area contributed by atoms with Crippen molar-refractivity contribution in [3.05, 3.63) is 27.7 Å². The van der Waals surface area contributed by atoms with E-state index in [9.17, 15) is 13.2 Å². The first-order valence-corrected chi connectivity index (χ1v) is 9.24. The van der Waals surface area contributed by atoms with Crippen LogP contribution < -0.4 is 0 Å². The fourth-order valence-electron chi connectivity index (χ4n) is 1.93. The number of rotatable bonds is 3. The van der Waals surface area contributed by atoms with Crippen LogP contribution in [0.25, 0.3) is 0 Å². The molecule has 9 heteroatoms. The predicted molar refractivity (Wildman–Crippen MR) is 81.5 cm³/mol. The summed E-state index contributed by atoms with van der Waals surface area (Å²) in [6.45, 7) is 1.68. The smallest absolute Gasteiger partial charge is 0.322 e. The molecule has 110 valence electrons. The van der Waals surface area contributed by atoms with Gasteiger partial charge in [-0.25, -0.2) is 8.42 Å². The number of carboxylic acids is 1. The minimum Gasteiger partial charge on any atom is -0.480 e. The topological polar surface area (TPSA) is 74.7 Å². The van der Waals surface area contributed by atoms with E-state index >= 15 is 0 Å². The van der Waals surface area contributed by atoms with E-state index in [-0.39, 0.29) is 10.6 Å². The SMILES string of the molecule is CC1SCC(C(=O)O)N1S(=O)(=O)c1ccc(Cl)c(Br)c1. The number of carbonyl (C=O) groups is 1. The van der Waals surface area contributed by atoms with E-state index in [2.05, 4.69) is 15.9 Å². The Balaban J connectivity index is 2.47. The highest BCUT2D eigenvalue weighted by Gasteiger charge is 2.44. The lowest BCUT2D eigenvalue weighted by atomic mass is 10.3. The van der Waals surface area contributed by atoms with Crippen LogP contribution in [0.3, 0.4) is 0 Å². The first-order chi connectivity index (χ1) is 9.25. The summed E-state index contributed by atoms with van der Waals surface area (Å²) in [4.78, 5) is 11.2. The molecule has 0 bridgehead atoms. The maximum atomic E-state index is 12.6. The summed E-state index contributed by atoms with van der Waals surface area (Å²) < 4.78 is 26.7. The number of halogens is 2. The zero-order valence-electron chi connectivity index (χ0n) is 10.3. The molecule has 1 aliphatic rings. The van der Waals surface area contributed by atoms with Crippen molar-refractivity contribution in [3.8, 4) is 0 Å². The number of thioether (sulfide) groups is 1. The maximum Gasteiger partial charge on any atom is 0.322 e. The van der Waals surface area contributed by atoms with Gasteiger partial charge in [-0.15, -0.1) is 11.8 Å².